The lowest BCUT2D eigenvalue weighted by atomic mass is 9.72. The lowest BCUT2D eigenvalue weighted by molar-refractivity contribution is -0.401. The van der Waals surface area contributed by atoms with Crippen molar-refractivity contribution in [1.82, 2.24) is 0 Å². The molecular weight excluding hydrogens is 484 g/mol. The Labute approximate surface area is 238 Å². The van der Waals surface area contributed by atoms with Gasteiger partial charge in [0.1, 0.15) is 7.05 Å². The third-order valence-corrected chi connectivity index (χ3v) is 8.81. The van der Waals surface area contributed by atoms with Crippen LogP contribution in [0.15, 0.2) is 134 Å². The summed E-state index contributed by atoms with van der Waals surface area (Å²) in [5.41, 5.74) is 7.38. The maximum absolute atomic E-state index is 4.12. The molecule has 0 aliphatic carbocycles. The number of nitrogens with zero attached hydrogens (tertiary/aromatic N) is 1. The summed E-state index contributed by atoms with van der Waals surface area (Å²) >= 11 is 0. The molecule has 6 rings (SSSR count). The molecule has 4 aromatic rings. The minimum absolute atomic E-state index is 0.0907. The molecule has 40 heavy (non-hydrogen) atoms. The Hall–Kier alpha value is -4.43. The third-order valence-electron chi connectivity index (χ3n) is 8.81. The fraction of sp³-hybridized carbons (Fsp3) is 0.184. The van der Waals surface area contributed by atoms with Gasteiger partial charge in [0.05, 0.1) is 5.41 Å². The molecule has 2 heterocycles. The molecule has 0 fully saturated rings. The van der Waals surface area contributed by atoms with Gasteiger partial charge in [0.25, 0.3) is 0 Å². The summed E-state index contributed by atoms with van der Waals surface area (Å²) in [5.74, 6) is 0. The van der Waals surface area contributed by atoms with Crippen molar-refractivity contribution in [2.75, 3.05) is 12.4 Å². The first-order valence-electron chi connectivity index (χ1n) is 14.1. The maximum atomic E-state index is 4.12. The summed E-state index contributed by atoms with van der Waals surface area (Å²) in [6.45, 7) is 12.9. The number of hydrogen-bond donors (Lipinski definition) is 1. The van der Waals surface area contributed by atoms with Crippen molar-refractivity contribution in [3.05, 3.63) is 145 Å². The predicted molar refractivity (Wildman–Crippen MR) is 173 cm³/mol. The lowest BCUT2D eigenvalue weighted by Gasteiger charge is -2.30. The van der Waals surface area contributed by atoms with E-state index in [1.807, 2.05) is 12.2 Å². The Morgan fingerprint density at radius 1 is 0.750 bits per heavy atom. The molecule has 0 aromatic heterocycles. The zero-order valence-electron chi connectivity index (χ0n) is 23.7. The van der Waals surface area contributed by atoms with Gasteiger partial charge in [-0.3, -0.25) is 0 Å². The van der Waals surface area contributed by atoms with Crippen LogP contribution in [0.4, 0.5) is 11.4 Å². The molecule has 2 aliphatic heterocycles. The first kappa shape index (κ1) is 25.8. The Morgan fingerprint density at radius 2 is 1.38 bits per heavy atom. The maximum Gasteiger partial charge on any atom is 0.210 e. The Bertz CT molecular complexity index is 1780. The van der Waals surface area contributed by atoms with Crippen LogP contribution in [0.3, 0.4) is 0 Å². The smallest absolute Gasteiger partial charge is 0.210 e. The number of rotatable bonds is 7. The first-order valence-corrected chi connectivity index (χ1v) is 14.1. The van der Waals surface area contributed by atoms with Gasteiger partial charge in [0.2, 0.25) is 5.69 Å². The molecule has 0 bridgehead atoms. The van der Waals surface area contributed by atoms with Crippen LogP contribution in [0.25, 0.3) is 21.5 Å². The van der Waals surface area contributed by atoms with Crippen LogP contribution in [0.1, 0.15) is 37.8 Å². The van der Waals surface area contributed by atoms with Crippen molar-refractivity contribution in [3.8, 4) is 0 Å². The van der Waals surface area contributed by atoms with E-state index >= 15 is 0 Å². The summed E-state index contributed by atoms with van der Waals surface area (Å²) in [5, 5.41) is 8.92. The molecule has 0 saturated heterocycles. The molecule has 0 radical (unpaired) electrons. The highest BCUT2D eigenvalue weighted by atomic mass is 15.0. The summed E-state index contributed by atoms with van der Waals surface area (Å²) in [4.78, 5) is 0. The second-order valence-corrected chi connectivity index (χ2v) is 11.5. The van der Waals surface area contributed by atoms with E-state index in [-0.39, 0.29) is 10.8 Å². The van der Waals surface area contributed by atoms with Gasteiger partial charge in [0.15, 0.2) is 5.71 Å². The Kier molecular flexibility index (Phi) is 6.43. The fourth-order valence-corrected chi connectivity index (χ4v) is 7.05. The van der Waals surface area contributed by atoms with E-state index in [9.17, 15) is 0 Å². The number of nitrogens with one attached hydrogen (secondary N) is 1. The van der Waals surface area contributed by atoms with Gasteiger partial charge in [-0.2, -0.15) is 4.58 Å². The minimum Gasteiger partial charge on any atom is -0.358 e. The average molecular weight is 522 g/mol. The van der Waals surface area contributed by atoms with Gasteiger partial charge in [0, 0.05) is 34.5 Å². The van der Waals surface area contributed by atoms with Crippen molar-refractivity contribution in [1.29, 1.82) is 0 Å². The van der Waals surface area contributed by atoms with E-state index in [1.54, 1.807) is 0 Å². The number of allylic oxidation sites excluding steroid dienone is 8. The van der Waals surface area contributed by atoms with Gasteiger partial charge in [-0.25, -0.2) is 0 Å². The van der Waals surface area contributed by atoms with Crippen molar-refractivity contribution in [2.24, 2.45) is 0 Å². The number of anilines is 1. The van der Waals surface area contributed by atoms with E-state index in [0.29, 0.717) is 0 Å². The molecule has 1 N–H and O–H groups in total. The molecule has 0 amide bonds. The van der Waals surface area contributed by atoms with E-state index in [2.05, 4.69) is 147 Å². The summed E-state index contributed by atoms with van der Waals surface area (Å²) in [6.07, 6.45) is 16.7. The second-order valence-electron chi connectivity index (χ2n) is 11.5. The highest BCUT2D eigenvalue weighted by Gasteiger charge is 2.44. The van der Waals surface area contributed by atoms with Crippen molar-refractivity contribution < 1.29 is 4.58 Å². The number of benzene rings is 4. The quantitative estimate of drug-likeness (QED) is 0.145. The van der Waals surface area contributed by atoms with E-state index in [0.717, 1.165) is 12.8 Å². The Balaban J connectivity index is 1.33. The van der Waals surface area contributed by atoms with Gasteiger partial charge < -0.3 is 5.32 Å². The summed E-state index contributed by atoms with van der Waals surface area (Å²) in [6, 6.07) is 26.3. The minimum atomic E-state index is -0.209. The van der Waals surface area contributed by atoms with Gasteiger partial charge in [-0.15, -0.1) is 13.2 Å². The van der Waals surface area contributed by atoms with Crippen molar-refractivity contribution in [3.63, 3.8) is 0 Å². The monoisotopic (exact) mass is 521 g/mol. The topological polar surface area (TPSA) is 15.0 Å². The fourth-order valence-electron chi connectivity index (χ4n) is 7.05. The van der Waals surface area contributed by atoms with Crippen molar-refractivity contribution in [2.45, 2.75) is 37.5 Å². The van der Waals surface area contributed by atoms with Crippen LogP contribution >= 0.6 is 0 Å². The third kappa shape index (κ3) is 3.90. The van der Waals surface area contributed by atoms with Crippen LogP contribution < -0.4 is 5.32 Å². The molecular formula is C38H37N2+. The van der Waals surface area contributed by atoms with E-state index in [1.165, 1.54) is 55.5 Å². The molecule has 0 atom stereocenters. The van der Waals surface area contributed by atoms with Gasteiger partial charge >= 0.3 is 0 Å². The zero-order valence-corrected chi connectivity index (χ0v) is 23.7. The SMILES string of the molecule is C=CCC1(CC=C)\C(=C/C=C/C=C/C2=[N+](C)c3ccc4ccccc4c3C2(C)C)Nc2ccc3ccccc3c21. The largest absolute Gasteiger partial charge is 0.358 e. The highest BCUT2D eigenvalue weighted by molar-refractivity contribution is 6.07. The normalized spacial score (nSPS) is 18.1. The Morgan fingerprint density at radius 3 is 2.05 bits per heavy atom. The molecule has 0 saturated carbocycles. The highest BCUT2D eigenvalue weighted by Crippen LogP contribution is 2.51. The van der Waals surface area contributed by atoms with Crippen LogP contribution in [0.2, 0.25) is 0 Å². The van der Waals surface area contributed by atoms with Gasteiger partial charge in [-0.1, -0.05) is 85.0 Å². The van der Waals surface area contributed by atoms with Crippen LogP contribution in [0.5, 0.6) is 0 Å². The first-order chi connectivity index (χ1) is 19.4. The summed E-state index contributed by atoms with van der Waals surface area (Å²) < 4.78 is 2.34. The zero-order chi connectivity index (χ0) is 27.9. The van der Waals surface area contributed by atoms with Crippen LogP contribution in [-0.2, 0) is 10.8 Å². The average Bonchev–Trinajstić information content (AvgIpc) is 3.37. The van der Waals surface area contributed by atoms with E-state index in [4.69, 9.17) is 0 Å². The molecule has 198 valence electrons. The van der Waals surface area contributed by atoms with E-state index < -0.39 is 0 Å². The van der Waals surface area contributed by atoms with Crippen molar-refractivity contribution >= 4 is 38.6 Å². The molecule has 2 aliphatic rings. The number of hydrogen-bond acceptors (Lipinski definition) is 1. The predicted octanol–water partition coefficient (Wildman–Crippen LogP) is 9.51. The summed E-state index contributed by atoms with van der Waals surface area (Å²) in [7, 11) is 2.18. The van der Waals surface area contributed by atoms with Crippen LogP contribution in [-0.4, -0.2) is 17.3 Å². The lowest BCUT2D eigenvalue weighted by Crippen LogP contribution is -2.26. The van der Waals surface area contributed by atoms with Gasteiger partial charge in [-0.05, 0) is 72.0 Å². The molecule has 4 aromatic carbocycles. The standard InChI is InChI=1S/C38H36N2/c1-6-25-38(26-7-2)33(39-31-23-21-27-15-11-13-17-29(27)35(31)38)19-9-8-10-20-34-37(3,4)36-30-18-14-12-16-28(30)22-24-32(36)40(34)5/h6-24H,1-2,25-26H2,3-5H3/p+1. The second kappa shape index (κ2) is 9.95. The number of fused-ring (bicyclic) bond motifs is 6. The molecule has 0 spiro atoms. The molecule has 2 heteroatoms. The molecule has 2 nitrogen and oxygen atoms in total. The molecule has 0 unspecified atom stereocenters. The van der Waals surface area contributed by atoms with Crippen LogP contribution in [0, 0.1) is 0 Å².